The van der Waals surface area contributed by atoms with Crippen molar-refractivity contribution in [1.82, 2.24) is 10.6 Å². The Morgan fingerprint density at radius 1 is 0.274 bits per heavy atom. The fourth-order valence-corrected chi connectivity index (χ4v) is 4.61. The maximum Gasteiger partial charge on any atom is 0.460 e. The lowest BCUT2D eigenvalue weighted by atomic mass is 9.87. The molecule has 1 saturated carbocycles. The van der Waals surface area contributed by atoms with Crippen molar-refractivity contribution in [3.05, 3.63) is 0 Å². The first-order valence-corrected chi connectivity index (χ1v) is 14.6. The minimum atomic E-state index is -9.25. The van der Waals surface area contributed by atoms with Gasteiger partial charge in [0, 0.05) is 12.1 Å². The minimum absolute atomic E-state index is 0.153. The maximum atomic E-state index is 14.4. The van der Waals surface area contributed by atoms with Crippen molar-refractivity contribution in [1.29, 1.82) is 0 Å². The van der Waals surface area contributed by atoms with E-state index >= 15 is 0 Å². The molecule has 0 aliphatic heterocycles. The van der Waals surface area contributed by atoms with Gasteiger partial charge in [-0.1, -0.05) is 12.8 Å². The molecule has 0 aromatic rings. The number of hydrogen-bond acceptors (Lipinski definition) is 2. The van der Waals surface area contributed by atoms with Gasteiger partial charge in [-0.25, -0.2) is 0 Å². The third-order valence-corrected chi connectivity index (χ3v) is 8.41. The van der Waals surface area contributed by atoms with Gasteiger partial charge in [0.2, 0.25) is 0 Å². The van der Waals surface area contributed by atoms with Crippen molar-refractivity contribution in [3.63, 3.8) is 0 Å². The molecule has 1 fully saturated rings. The summed E-state index contributed by atoms with van der Waals surface area (Å²) in [6, 6.07) is -6.38. The molecule has 368 valence electrons. The number of rotatable bonds is 16. The molecule has 0 bridgehead atoms. The molecule has 1 aliphatic carbocycles. The average molecular weight is 1010 g/mol. The van der Waals surface area contributed by atoms with Crippen molar-refractivity contribution < 1.29 is 159 Å². The van der Waals surface area contributed by atoms with Crippen LogP contribution in [0.1, 0.15) is 25.7 Å². The molecular weight excluding hydrogens is 994 g/mol. The summed E-state index contributed by atoms with van der Waals surface area (Å²) >= 11 is 0. The number of hydrogen-bond donors (Lipinski definition) is 2. The highest BCUT2D eigenvalue weighted by atomic mass is 19.4. The summed E-state index contributed by atoms with van der Waals surface area (Å²) in [6.07, 6.45) is -21.0. The SMILES string of the molecule is O=C(N[C@@H]1CCCC[C@H]1NC(=O)C(F)(F)C(F)(F)C(F)(F)C(F)(F)C(F)(F)C(F)(F)C(F)(F)C(F)(F)F)C(F)(F)C(F)(F)C(F)(F)C(F)(F)C(F)(F)C(F)(F)C(F)(F)C(F)(F)F. The normalized spacial score (nSPS) is 20.0. The Balaban J connectivity index is 3.64. The van der Waals surface area contributed by atoms with E-state index in [2.05, 4.69) is 0 Å². The van der Waals surface area contributed by atoms with Crippen LogP contribution in [0.2, 0.25) is 0 Å². The van der Waals surface area contributed by atoms with Gasteiger partial charge in [-0.05, 0) is 12.8 Å². The van der Waals surface area contributed by atoms with E-state index in [0.717, 1.165) is 0 Å². The Bertz CT molecular complexity index is 1540. The van der Waals surface area contributed by atoms with Crippen molar-refractivity contribution in [2.45, 2.75) is 133 Å². The molecule has 1 rings (SSSR count). The zero-order valence-electron chi connectivity index (χ0n) is 27.7. The molecule has 2 N–H and O–H groups in total. The molecule has 62 heavy (non-hydrogen) atoms. The largest absolute Gasteiger partial charge is 0.460 e. The van der Waals surface area contributed by atoms with Crippen molar-refractivity contribution in [2.24, 2.45) is 0 Å². The van der Waals surface area contributed by atoms with Crippen LogP contribution in [0.25, 0.3) is 0 Å². The first-order valence-electron chi connectivity index (χ1n) is 14.6. The van der Waals surface area contributed by atoms with Gasteiger partial charge in [0.05, 0.1) is 0 Å². The number of nitrogens with one attached hydrogen (secondary N) is 2. The first kappa shape index (κ1) is 56.6. The third-order valence-electron chi connectivity index (χ3n) is 8.41. The fraction of sp³-hybridized carbons (Fsp3) is 0.917. The quantitative estimate of drug-likeness (QED) is 0.151. The topological polar surface area (TPSA) is 58.2 Å². The second-order valence-corrected chi connectivity index (χ2v) is 12.5. The molecule has 0 unspecified atom stereocenters. The lowest BCUT2D eigenvalue weighted by Gasteiger charge is -2.43. The van der Waals surface area contributed by atoms with Gasteiger partial charge in [0.1, 0.15) is 0 Å². The Morgan fingerprint density at radius 3 is 0.613 bits per heavy atom. The van der Waals surface area contributed by atoms with Gasteiger partial charge in [-0.2, -0.15) is 149 Å². The van der Waals surface area contributed by atoms with Gasteiger partial charge in [0.15, 0.2) is 0 Å². The van der Waals surface area contributed by atoms with Crippen LogP contribution in [0.3, 0.4) is 0 Å². The Hall–Kier alpha value is -3.44. The molecule has 0 spiro atoms. The van der Waals surface area contributed by atoms with Crippen LogP contribution in [0.5, 0.6) is 0 Å². The monoisotopic (exact) mass is 1010 g/mol. The molecule has 0 aromatic carbocycles. The predicted octanol–water partition coefficient (Wildman–Crippen LogP) is 10.5. The number of amides is 2. The zero-order chi connectivity index (χ0) is 50.6. The van der Waals surface area contributed by atoms with E-state index in [-0.39, 0.29) is 10.6 Å². The second-order valence-electron chi connectivity index (χ2n) is 12.5. The van der Waals surface area contributed by atoms with Gasteiger partial charge in [0.25, 0.3) is 11.8 Å². The van der Waals surface area contributed by atoms with Crippen molar-refractivity contribution in [2.75, 3.05) is 0 Å². The number of halogens is 34. The second kappa shape index (κ2) is 15.1. The smallest absolute Gasteiger partial charge is 0.346 e. The standard InChI is InChI=1S/C24H12F34N2O2/c25-9(26,11(29,30)13(33,34)15(37,38)17(41,42)19(45,46)21(49,50)23(53,54)55)7(61)59-5-3-1-2-4-6(5)60-8(62)10(27,28)12(31,32)14(35,36)16(39,40)18(43,44)20(47,48)22(51,52)24(56,57)58/h5-6H,1-4H2,(H,59,61)(H,60,62)/t5-,6-/m1/s1. The number of carbonyl (C=O) groups excluding carboxylic acids is 2. The summed E-state index contributed by atoms with van der Waals surface area (Å²) in [4.78, 5) is 23.8. The molecule has 2 amide bonds. The highest BCUT2D eigenvalue weighted by Crippen LogP contribution is 2.66. The Labute approximate surface area is 315 Å². The van der Waals surface area contributed by atoms with E-state index in [1.54, 1.807) is 0 Å². The van der Waals surface area contributed by atoms with Crippen LogP contribution in [0.4, 0.5) is 149 Å². The van der Waals surface area contributed by atoms with Gasteiger partial charge in [-0.15, -0.1) is 0 Å². The third kappa shape index (κ3) is 7.40. The highest BCUT2D eigenvalue weighted by molar-refractivity contribution is 5.86. The average Bonchev–Trinajstić information content (AvgIpc) is 3.06. The van der Waals surface area contributed by atoms with Crippen molar-refractivity contribution in [3.8, 4) is 0 Å². The lowest BCUT2D eigenvalue weighted by molar-refractivity contribution is -0.459. The van der Waals surface area contributed by atoms with Gasteiger partial charge >= 0.3 is 95.3 Å². The molecule has 1 aliphatic rings. The van der Waals surface area contributed by atoms with Crippen LogP contribution in [0, 0.1) is 0 Å². The fourth-order valence-electron chi connectivity index (χ4n) is 4.61. The molecule has 4 nitrogen and oxygen atoms in total. The number of alkyl halides is 34. The van der Waals surface area contributed by atoms with E-state index in [1.807, 2.05) is 0 Å². The summed E-state index contributed by atoms with van der Waals surface area (Å²) in [5.74, 6) is -133. The minimum Gasteiger partial charge on any atom is -0.346 e. The zero-order valence-corrected chi connectivity index (χ0v) is 27.7. The van der Waals surface area contributed by atoms with E-state index < -0.39 is 145 Å². The summed E-state index contributed by atoms with van der Waals surface area (Å²) in [5.41, 5.74) is 0. The van der Waals surface area contributed by atoms with E-state index in [9.17, 15) is 159 Å². The summed E-state index contributed by atoms with van der Waals surface area (Å²) in [7, 11) is 0. The van der Waals surface area contributed by atoms with Crippen LogP contribution in [-0.4, -0.2) is 119 Å². The molecule has 0 aromatic heterocycles. The van der Waals surface area contributed by atoms with Crippen LogP contribution in [-0.2, 0) is 9.59 Å². The maximum absolute atomic E-state index is 14.4. The molecule has 0 radical (unpaired) electrons. The van der Waals surface area contributed by atoms with E-state index in [1.165, 1.54) is 0 Å². The van der Waals surface area contributed by atoms with Crippen molar-refractivity contribution >= 4 is 11.8 Å². The van der Waals surface area contributed by atoms with Crippen LogP contribution >= 0.6 is 0 Å². The lowest BCUT2D eigenvalue weighted by Crippen LogP contribution is -2.76. The van der Waals surface area contributed by atoms with Gasteiger partial charge in [-0.3, -0.25) is 9.59 Å². The molecule has 38 heteroatoms. The highest BCUT2D eigenvalue weighted by Gasteiger charge is 2.97. The predicted molar refractivity (Wildman–Crippen MR) is 124 cm³/mol. The molecular formula is C24H12F34N2O2. The van der Waals surface area contributed by atoms with Crippen LogP contribution in [0.15, 0.2) is 0 Å². The summed E-state index contributed by atoms with van der Waals surface area (Å²) in [6.45, 7) is 0. The molecule has 0 saturated heterocycles. The summed E-state index contributed by atoms with van der Waals surface area (Å²) < 4.78 is 459. The summed E-state index contributed by atoms with van der Waals surface area (Å²) in [5, 5.41) is 0.305. The van der Waals surface area contributed by atoms with E-state index in [0.29, 0.717) is 0 Å². The Morgan fingerprint density at radius 2 is 0.435 bits per heavy atom. The Kier molecular flexibility index (Phi) is 13.7. The molecule has 2 atom stereocenters. The van der Waals surface area contributed by atoms with E-state index in [4.69, 9.17) is 0 Å². The van der Waals surface area contributed by atoms with Crippen LogP contribution < -0.4 is 10.6 Å². The number of carbonyl (C=O) groups is 2. The first-order chi connectivity index (χ1) is 26.5. The molecule has 0 heterocycles. The van der Waals surface area contributed by atoms with Gasteiger partial charge < -0.3 is 10.6 Å².